The maximum absolute atomic E-state index is 12.5. The molecule has 2 aliphatic rings. The van der Waals surface area contributed by atoms with Crippen molar-refractivity contribution in [1.29, 1.82) is 0 Å². The maximum atomic E-state index is 12.5. The quantitative estimate of drug-likeness (QED) is 0.734. The number of amides is 4. The van der Waals surface area contributed by atoms with Crippen molar-refractivity contribution in [1.82, 2.24) is 19.7 Å². The van der Waals surface area contributed by atoms with E-state index in [0.717, 1.165) is 22.6 Å². The van der Waals surface area contributed by atoms with Gasteiger partial charge in [0, 0.05) is 45.5 Å². The van der Waals surface area contributed by atoms with Crippen LogP contribution in [0.5, 0.6) is 0 Å². The first-order valence-electron chi connectivity index (χ1n) is 7.24. The number of pyridine rings is 1. The van der Waals surface area contributed by atoms with Crippen LogP contribution in [0.3, 0.4) is 0 Å². The van der Waals surface area contributed by atoms with Gasteiger partial charge in [0.15, 0.2) is 0 Å². The first-order chi connectivity index (χ1) is 10.5. The Labute approximate surface area is 128 Å². The van der Waals surface area contributed by atoms with Gasteiger partial charge >= 0.3 is 6.03 Å². The van der Waals surface area contributed by atoms with E-state index in [9.17, 15) is 14.4 Å². The number of fused-ring (bicyclic) bond motifs is 1. The van der Waals surface area contributed by atoms with Crippen LogP contribution in [-0.2, 0) is 22.6 Å². The fourth-order valence-corrected chi connectivity index (χ4v) is 2.95. The van der Waals surface area contributed by atoms with E-state index in [1.807, 2.05) is 12.1 Å². The van der Waals surface area contributed by atoms with Crippen LogP contribution in [0.2, 0.25) is 0 Å². The van der Waals surface area contributed by atoms with Crippen molar-refractivity contribution in [3.05, 3.63) is 29.6 Å². The number of urea groups is 1. The molecule has 1 aromatic heterocycles. The molecule has 0 radical (unpaired) electrons. The Balaban J connectivity index is 1.69. The van der Waals surface area contributed by atoms with Crippen LogP contribution in [0.1, 0.15) is 17.7 Å². The standard InChI is InChI=1S/C15H18N4O3/c1-17-12(14(21)18(2)15(17)22)8-13(20)19-7-5-11-10(9-19)4-3-6-16-11/h3-4,6,12H,5,7-9H2,1-2H3/t12-/m0/s1. The number of hydrogen-bond donors (Lipinski definition) is 0. The largest absolute Gasteiger partial charge is 0.338 e. The van der Waals surface area contributed by atoms with Gasteiger partial charge < -0.3 is 9.80 Å². The van der Waals surface area contributed by atoms with Gasteiger partial charge in [-0.1, -0.05) is 6.07 Å². The molecule has 0 saturated carbocycles. The third-order valence-electron chi connectivity index (χ3n) is 4.36. The molecule has 2 aliphatic heterocycles. The number of carbonyl (C=O) groups excluding carboxylic acids is 3. The second kappa shape index (κ2) is 5.40. The summed E-state index contributed by atoms with van der Waals surface area (Å²) < 4.78 is 0. The zero-order chi connectivity index (χ0) is 15.9. The highest BCUT2D eigenvalue weighted by molar-refractivity contribution is 6.05. The van der Waals surface area contributed by atoms with Crippen LogP contribution in [0.25, 0.3) is 0 Å². The van der Waals surface area contributed by atoms with Crippen LogP contribution < -0.4 is 0 Å². The number of nitrogens with zero attached hydrogens (tertiary/aromatic N) is 4. The molecule has 1 saturated heterocycles. The predicted molar refractivity (Wildman–Crippen MR) is 77.7 cm³/mol. The number of likely N-dealkylation sites (N-methyl/N-ethyl adjacent to an activating group) is 2. The molecule has 0 N–H and O–H groups in total. The van der Waals surface area contributed by atoms with Gasteiger partial charge in [-0.25, -0.2) is 4.79 Å². The van der Waals surface area contributed by atoms with Gasteiger partial charge in [-0.2, -0.15) is 0 Å². The number of carbonyl (C=O) groups is 3. The molecule has 0 spiro atoms. The van der Waals surface area contributed by atoms with E-state index in [4.69, 9.17) is 0 Å². The molecule has 3 rings (SSSR count). The molecule has 116 valence electrons. The summed E-state index contributed by atoms with van der Waals surface area (Å²) in [5.41, 5.74) is 2.07. The summed E-state index contributed by atoms with van der Waals surface area (Å²) in [6.45, 7) is 1.10. The molecule has 0 aliphatic carbocycles. The first-order valence-corrected chi connectivity index (χ1v) is 7.24. The fraction of sp³-hybridized carbons (Fsp3) is 0.467. The van der Waals surface area contributed by atoms with Crippen LogP contribution in [0.15, 0.2) is 18.3 Å². The van der Waals surface area contributed by atoms with Crippen LogP contribution in [-0.4, -0.2) is 64.2 Å². The average molecular weight is 302 g/mol. The molecule has 1 aromatic rings. The molecule has 3 heterocycles. The molecule has 1 atom stereocenters. The normalized spacial score (nSPS) is 21.4. The summed E-state index contributed by atoms with van der Waals surface area (Å²) >= 11 is 0. The molecule has 1 fully saturated rings. The van der Waals surface area contributed by atoms with Crippen molar-refractivity contribution >= 4 is 17.8 Å². The monoisotopic (exact) mass is 302 g/mol. The summed E-state index contributed by atoms with van der Waals surface area (Å²) in [4.78, 5) is 44.7. The average Bonchev–Trinajstić information content (AvgIpc) is 2.72. The molecule has 0 aromatic carbocycles. The van der Waals surface area contributed by atoms with Gasteiger partial charge in [0.25, 0.3) is 5.91 Å². The second-order valence-corrected chi connectivity index (χ2v) is 5.69. The highest BCUT2D eigenvalue weighted by atomic mass is 16.2. The van der Waals surface area contributed by atoms with E-state index in [1.165, 1.54) is 11.9 Å². The van der Waals surface area contributed by atoms with Crippen LogP contribution >= 0.6 is 0 Å². The van der Waals surface area contributed by atoms with Gasteiger partial charge in [-0.3, -0.25) is 19.5 Å². The van der Waals surface area contributed by atoms with Crippen LogP contribution in [0.4, 0.5) is 4.79 Å². The van der Waals surface area contributed by atoms with Crippen molar-refractivity contribution in [3.63, 3.8) is 0 Å². The molecular formula is C15H18N4O3. The van der Waals surface area contributed by atoms with E-state index in [1.54, 1.807) is 18.1 Å². The molecule has 0 unspecified atom stereocenters. The first kappa shape index (κ1) is 14.5. The number of aromatic nitrogens is 1. The van der Waals surface area contributed by atoms with E-state index < -0.39 is 6.04 Å². The number of hydrogen-bond acceptors (Lipinski definition) is 4. The number of imide groups is 1. The SMILES string of the molecule is CN1C(=O)[C@H](CC(=O)N2CCc3ncccc3C2)N(C)C1=O. The molecule has 0 bridgehead atoms. The fourth-order valence-electron chi connectivity index (χ4n) is 2.95. The summed E-state index contributed by atoms with van der Waals surface area (Å²) in [5, 5.41) is 0. The molecular weight excluding hydrogens is 284 g/mol. The predicted octanol–water partition coefficient (Wildman–Crippen LogP) is 0.249. The summed E-state index contributed by atoms with van der Waals surface area (Å²) in [6.07, 6.45) is 2.50. The Kier molecular flexibility index (Phi) is 3.56. The number of rotatable bonds is 2. The Morgan fingerprint density at radius 3 is 2.82 bits per heavy atom. The third kappa shape index (κ3) is 2.32. The summed E-state index contributed by atoms with van der Waals surface area (Å²) in [7, 11) is 2.99. The van der Waals surface area contributed by atoms with Gasteiger partial charge in [0.1, 0.15) is 6.04 Å². The molecule has 7 heteroatoms. The smallest absolute Gasteiger partial charge is 0.326 e. The molecule has 22 heavy (non-hydrogen) atoms. The summed E-state index contributed by atoms with van der Waals surface area (Å²) in [5.74, 6) is -0.428. The minimum atomic E-state index is -0.694. The summed E-state index contributed by atoms with van der Waals surface area (Å²) in [6, 6.07) is 2.76. The van der Waals surface area contributed by atoms with Crippen molar-refractivity contribution in [2.24, 2.45) is 0 Å². The second-order valence-electron chi connectivity index (χ2n) is 5.69. The van der Waals surface area contributed by atoms with Crippen molar-refractivity contribution in [2.75, 3.05) is 20.6 Å². The molecule has 4 amide bonds. The Morgan fingerprint density at radius 1 is 1.36 bits per heavy atom. The minimum Gasteiger partial charge on any atom is -0.338 e. The minimum absolute atomic E-state index is 0.0288. The topological polar surface area (TPSA) is 73.8 Å². The lowest BCUT2D eigenvalue weighted by Crippen LogP contribution is -2.41. The zero-order valence-corrected chi connectivity index (χ0v) is 12.7. The third-order valence-corrected chi connectivity index (χ3v) is 4.36. The van der Waals surface area contributed by atoms with Gasteiger partial charge in [-0.05, 0) is 11.6 Å². The zero-order valence-electron chi connectivity index (χ0n) is 12.7. The molecule has 7 nitrogen and oxygen atoms in total. The van der Waals surface area contributed by atoms with Gasteiger partial charge in [0.2, 0.25) is 5.91 Å². The van der Waals surface area contributed by atoms with Crippen molar-refractivity contribution in [2.45, 2.75) is 25.4 Å². The maximum Gasteiger partial charge on any atom is 0.326 e. The highest BCUT2D eigenvalue weighted by Crippen LogP contribution is 2.21. The van der Waals surface area contributed by atoms with E-state index in [-0.39, 0.29) is 24.3 Å². The Morgan fingerprint density at radius 2 is 2.14 bits per heavy atom. The lowest BCUT2D eigenvalue weighted by atomic mass is 10.0. The Hall–Kier alpha value is -2.44. The van der Waals surface area contributed by atoms with Crippen molar-refractivity contribution < 1.29 is 14.4 Å². The van der Waals surface area contributed by atoms with Gasteiger partial charge in [-0.15, -0.1) is 0 Å². The highest BCUT2D eigenvalue weighted by Gasteiger charge is 2.42. The lowest BCUT2D eigenvalue weighted by Gasteiger charge is -2.29. The lowest BCUT2D eigenvalue weighted by molar-refractivity contribution is -0.137. The van der Waals surface area contributed by atoms with E-state index in [2.05, 4.69) is 4.98 Å². The van der Waals surface area contributed by atoms with E-state index in [0.29, 0.717) is 13.1 Å². The van der Waals surface area contributed by atoms with Crippen LogP contribution in [0, 0.1) is 0 Å². The van der Waals surface area contributed by atoms with E-state index >= 15 is 0 Å². The Bertz CT molecular complexity index is 645. The van der Waals surface area contributed by atoms with Gasteiger partial charge in [0.05, 0.1) is 6.42 Å². The van der Waals surface area contributed by atoms with Crippen molar-refractivity contribution in [3.8, 4) is 0 Å².